The van der Waals surface area contributed by atoms with Crippen LogP contribution in [-0.2, 0) is 6.42 Å². The molecule has 5 nitrogen and oxygen atoms in total. The number of nitrogens with one attached hydrogen (secondary N) is 2. The van der Waals surface area contributed by atoms with Crippen molar-refractivity contribution in [3.05, 3.63) is 83.0 Å². The molecular weight excluding hydrogens is 355 g/mol. The molecule has 7 heteroatoms. The lowest BCUT2D eigenvalue weighted by Gasteiger charge is -2.08. The SMILES string of the molecule is O=C(NCCc1cccc(Cl)c1)c1cc(Nc2ccc(F)cc2)ncn1. The molecule has 0 unspecified atom stereocenters. The van der Waals surface area contributed by atoms with Crippen LogP contribution in [0.4, 0.5) is 15.9 Å². The number of anilines is 2. The summed E-state index contributed by atoms with van der Waals surface area (Å²) in [6.07, 6.45) is 1.97. The molecule has 0 aliphatic rings. The Labute approximate surface area is 155 Å². The number of benzene rings is 2. The van der Waals surface area contributed by atoms with Crippen molar-refractivity contribution in [1.29, 1.82) is 0 Å². The van der Waals surface area contributed by atoms with Gasteiger partial charge in [0.15, 0.2) is 0 Å². The van der Waals surface area contributed by atoms with Crippen molar-refractivity contribution >= 4 is 29.0 Å². The Balaban J connectivity index is 1.58. The molecule has 2 aromatic carbocycles. The van der Waals surface area contributed by atoms with Crippen molar-refractivity contribution in [3.63, 3.8) is 0 Å². The van der Waals surface area contributed by atoms with E-state index in [0.29, 0.717) is 29.5 Å². The van der Waals surface area contributed by atoms with Gasteiger partial charge < -0.3 is 10.6 Å². The molecule has 0 bridgehead atoms. The molecule has 26 heavy (non-hydrogen) atoms. The zero-order valence-electron chi connectivity index (χ0n) is 13.7. The largest absolute Gasteiger partial charge is 0.350 e. The quantitative estimate of drug-likeness (QED) is 0.688. The van der Waals surface area contributed by atoms with Crippen LogP contribution in [0.1, 0.15) is 16.1 Å². The van der Waals surface area contributed by atoms with E-state index < -0.39 is 0 Å². The van der Waals surface area contributed by atoms with E-state index in [-0.39, 0.29) is 17.4 Å². The summed E-state index contributed by atoms with van der Waals surface area (Å²) >= 11 is 5.94. The standard InChI is InChI=1S/C19H16ClFN4O/c20-14-3-1-2-13(10-14)8-9-22-19(26)17-11-18(24-12-23-17)25-16-6-4-15(21)5-7-16/h1-7,10-12H,8-9H2,(H,22,26)(H,23,24,25). The highest BCUT2D eigenvalue weighted by molar-refractivity contribution is 6.30. The summed E-state index contributed by atoms with van der Waals surface area (Å²) < 4.78 is 12.9. The predicted octanol–water partition coefficient (Wildman–Crippen LogP) is 3.99. The van der Waals surface area contributed by atoms with Crippen molar-refractivity contribution in [2.45, 2.75) is 6.42 Å². The molecule has 1 amide bonds. The number of nitrogens with zero attached hydrogens (tertiary/aromatic N) is 2. The van der Waals surface area contributed by atoms with Crippen LogP contribution in [0.5, 0.6) is 0 Å². The Morgan fingerprint density at radius 3 is 2.65 bits per heavy atom. The van der Waals surface area contributed by atoms with Gasteiger partial charge in [-0.15, -0.1) is 0 Å². The number of carbonyl (C=O) groups is 1. The maximum atomic E-state index is 12.9. The summed E-state index contributed by atoms with van der Waals surface area (Å²) in [5.74, 6) is -0.166. The number of halogens is 2. The fourth-order valence-corrected chi connectivity index (χ4v) is 2.55. The molecule has 0 atom stereocenters. The second-order valence-corrected chi connectivity index (χ2v) is 5.99. The Morgan fingerprint density at radius 1 is 1.08 bits per heavy atom. The topological polar surface area (TPSA) is 66.9 Å². The molecular formula is C19H16ClFN4O. The van der Waals surface area contributed by atoms with Crippen molar-refractivity contribution in [1.82, 2.24) is 15.3 Å². The van der Waals surface area contributed by atoms with Gasteiger partial charge in [-0.3, -0.25) is 4.79 Å². The first-order chi connectivity index (χ1) is 12.6. The summed E-state index contributed by atoms with van der Waals surface area (Å²) in [6, 6.07) is 14.9. The lowest BCUT2D eigenvalue weighted by atomic mass is 10.1. The molecule has 0 saturated heterocycles. The molecule has 1 heterocycles. The molecule has 1 aromatic heterocycles. The van der Waals surface area contributed by atoms with E-state index in [1.165, 1.54) is 24.5 Å². The van der Waals surface area contributed by atoms with E-state index in [4.69, 9.17) is 11.6 Å². The van der Waals surface area contributed by atoms with Gasteiger partial charge in [0.1, 0.15) is 23.7 Å². The molecule has 0 aliphatic heterocycles. The summed E-state index contributed by atoms with van der Waals surface area (Å²) in [5, 5.41) is 6.49. The highest BCUT2D eigenvalue weighted by Gasteiger charge is 2.08. The fraction of sp³-hybridized carbons (Fsp3) is 0.105. The number of hydrogen-bond acceptors (Lipinski definition) is 4. The Hall–Kier alpha value is -2.99. The van der Waals surface area contributed by atoms with E-state index in [9.17, 15) is 9.18 Å². The molecule has 0 saturated carbocycles. The lowest BCUT2D eigenvalue weighted by molar-refractivity contribution is 0.0949. The van der Waals surface area contributed by atoms with Gasteiger partial charge in [-0.25, -0.2) is 14.4 Å². The summed E-state index contributed by atoms with van der Waals surface area (Å²) in [6.45, 7) is 0.462. The zero-order valence-corrected chi connectivity index (χ0v) is 14.5. The van der Waals surface area contributed by atoms with Gasteiger partial charge in [0.05, 0.1) is 0 Å². The molecule has 0 spiro atoms. The van der Waals surface area contributed by atoms with Gasteiger partial charge in [-0.1, -0.05) is 23.7 Å². The summed E-state index contributed by atoms with van der Waals surface area (Å²) in [7, 11) is 0. The van der Waals surface area contributed by atoms with Gasteiger partial charge in [0, 0.05) is 23.3 Å². The van der Waals surface area contributed by atoms with Gasteiger partial charge >= 0.3 is 0 Å². The number of amides is 1. The number of carbonyl (C=O) groups excluding carboxylic acids is 1. The van der Waals surface area contributed by atoms with Gasteiger partial charge in [-0.05, 0) is 48.4 Å². The van der Waals surface area contributed by atoms with Gasteiger partial charge in [0.2, 0.25) is 0 Å². The van der Waals surface area contributed by atoms with Crippen molar-refractivity contribution in [2.75, 3.05) is 11.9 Å². The smallest absolute Gasteiger partial charge is 0.270 e. The van der Waals surface area contributed by atoms with Crippen LogP contribution >= 0.6 is 11.6 Å². The minimum atomic E-state index is -0.321. The van der Waals surface area contributed by atoms with Crippen molar-refractivity contribution in [2.24, 2.45) is 0 Å². The maximum absolute atomic E-state index is 12.9. The average Bonchev–Trinajstić information content (AvgIpc) is 2.64. The van der Waals surface area contributed by atoms with Crippen LogP contribution < -0.4 is 10.6 Å². The normalized spacial score (nSPS) is 10.4. The summed E-state index contributed by atoms with van der Waals surface area (Å²) in [4.78, 5) is 20.3. The van der Waals surface area contributed by atoms with Crippen LogP contribution in [0.15, 0.2) is 60.9 Å². The molecule has 3 rings (SSSR count). The van der Waals surface area contributed by atoms with E-state index >= 15 is 0 Å². The van der Waals surface area contributed by atoms with Crippen LogP contribution in [0.25, 0.3) is 0 Å². The number of aromatic nitrogens is 2. The van der Waals surface area contributed by atoms with E-state index in [0.717, 1.165) is 5.56 Å². The molecule has 0 fully saturated rings. The fourth-order valence-electron chi connectivity index (χ4n) is 2.33. The van der Waals surface area contributed by atoms with Crippen LogP contribution in [0, 0.1) is 5.82 Å². The monoisotopic (exact) mass is 370 g/mol. The first-order valence-corrected chi connectivity index (χ1v) is 8.35. The Morgan fingerprint density at radius 2 is 1.88 bits per heavy atom. The van der Waals surface area contributed by atoms with Gasteiger partial charge in [-0.2, -0.15) is 0 Å². The second kappa shape index (κ2) is 8.40. The number of rotatable bonds is 6. The van der Waals surface area contributed by atoms with Crippen LogP contribution in [0.2, 0.25) is 5.02 Å². The van der Waals surface area contributed by atoms with Gasteiger partial charge in [0.25, 0.3) is 5.91 Å². The minimum Gasteiger partial charge on any atom is -0.350 e. The van der Waals surface area contributed by atoms with E-state index in [1.807, 2.05) is 18.2 Å². The van der Waals surface area contributed by atoms with E-state index in [1.54, 1.807) is 18.2 Å². The maximum Gasteiger partial charge on any atom is 0.270 e. The summed E-state index contributed by atoms with van der Waals surface area (Å²) in [5.41, 5.74) is 1.95. The first kappa shape index (κ1) is 17.8. The Kier molecular flexibility index (Phi) is 5.76. The molecule has 0 aliphatic carbocycles. The van der Waals surface area contributed by atoms with Crippen molar-refractivity contribution < 1.29 is 9.18 Å². The molecule has 3 aromatic rings. The van der Waals surface area contributed by atoms with Crippen molar-refractivity contribution in [3.8, 4) is 0 Å². The predicted molar refractivity (Wildman–Crippen MR) is 99.2 cm³/mol. The lowest BCUT2D eigenvalue weighted by Crippen LogP contribution is -2.26. The highest BCUT2D eigenvalue weighted by Crippen LogP contribution is 2.15. The highest BCUT2D eigenvalue weighted by atomic mass is 35.5. The van der Waals surface area contributed by atoms with E-state index in [2.05, 4.69) is 20.6 Å². The molecule has 2 N–H and O–H groups in total. The zero-order chi connectivity index (χ0) is 18.4. The van der Waals surface area contributed by atoms with Crippen LogP contribution in [0.3, 0.4) is 0 Å². The third-order valence-electron chi connectivity index (χ3n) is 3.60. The average molecular weight is 371 g/mol. The third-order valence-corrected chi connectivity index (χ3v) is 3.84. The third kappa shape index (κ3) is 5.00. The second-order valence-electron chi connectivity index (χ2n) is 5.56. The number of hydrogen-bond donors (Lipinski definition) is 2. The van der Waals surface area contributed by atoms with Crippen LogP contribution in [-0.4, -0.2) is 22.4 Å². The molecule has 0 radical (unpaired) electrons. The molecule has 132 valence electrons. The Bertz CT molecular complexity index is 902. The first-order valence-electron chi connectivity index (χ1n) is 7.97. The minimum absolute atomic E-state index is 0.246.